The number of piperidine rings is 2. The molecular formula is C19H28N4O2. The van der Waals surface area contributed by atoms with E-state index in [9.17, 15) is 9.59 Å². The van der Waals surface area contributed by atoms with Crippen LogP contribution in [0.5, 0.6) is 0 Å². The predicted molar refractivity (Wildman–Crippen MR) is 94.6 cm³/mol. The molecule has 0 N–H and O–H groups in total. The summed E-state index contributed by atoms with van der Waals surface area (Å²) in [4.78, 5) is 37.2. The number of hydrogen-bond donors (Lipinski definition) is 0. The van der Waals surface area contributed by atoms with E-state index >= 15 is 0 Å². The van der Waals surface area contributed by atoms with Crippen molar-refractivity contribution in [2.24, 2.45) is 11.8 Å². The van der Waals surface area contributed by atoms with Crippen LogP contribution in [0.1, 0.15) is 45.2 Å². The van der Waals surface area contributed by atoms with Gasteiger partial charge in [-0.3, -0.25) is 19.6 Å². The van der Waals surface area contributed by atoms with Gasteiger partial charge in [0.15, 0.2) is 0 Å². The minimum Gasteiger partial charge on any atom is -0.342 e. The molecule has 0 aromatic carbocycles. The fourth-order valence-corrected chi connectivity index (χ4v) is 4.06. The van der Waals surface area contributed by atoms with Gasteiger partial charge in [-0.15, -0.1) is 0 Å². The maximum absolute atomic E-state index is 12.6. The van der Waals surface area contributed by atoms with Crippen molar-refractivity contribution in [2.75, 3.05) is 19.6 Å². The number of amides is 2. The molecule has 3 rings (SSSR count). The first kappa shape index (κ1) is 17.8. The number of nitrogens with zero attached hydrogens (tertiary/aromatic N) is 4. The first-order valence-electron chi connectivity index (χ1n) is 9.36. The van der Waals surface area contributed by atoms with E-state index in [1.165, 1.54) is 0 Å². The molecule has 6 heteroatoms. The summed E-state index contributed by atoms with van der Waals surface area (Å²) < 4.78 is 0. The van der Waals surface area contributed by atoms with Gasteiger partial charge in [-0.25, -0.2) is 0 Å². The van der Waals surface area contributed by atoms with Crippen LogP contribution in [-0.2, 0) is 16.0 Å². The number of hydrogen-bond acceptors (Lipinski definition) is 4. The van der Waals surface area contributed by atoms with Gasteiger partial charge in [-0.05, 0) is 31.1 Å². The molecular weight excluding hydrogens is 316 g/mol. The summed E-state index contributed by atoms with van der Waals surface area (Å²) in [6.07, 6.45) is 8.56. The molecule has 2 amide bonds. The summed E-state index contributed by atoms with van der Waals surface area (Å²) in [5.74, 6) is 1.38. The van der Waals surface area contributed by atoms with Crippen molar-refractivity contribution >= 4 is 11.8 Å². The molecule has 2 atom stereocenters. The maximum atomic E-state index is 12.6. The zero-order chi connectivity index (χ0) is 17.8. The second-order valence-electron chi connectivity index (χ2n) is 7.63. The van der Waals surface area contributed by atoms with Crippen LogP contribution in [0.2, 0.25) is 0 Å². The Morgan fingerprint density at radius 2 is 2.16 bits per heavy atom. The molecule has 0 aliphatic carbocycles. The molecule has 6 nitrogen and oxygen atoms in total. The number of likely N-dealkylation sites (tertiary alicyclic amines) is 2. The molecule has 1 aromatic heterocycles. The average Bonchev–Trinajstić information content (AvgIpc) is 2.62. The van der Waals surface area contributed by atoms with Gasteiger partial charge >= 0.3 is 0 Å². The largest absolute Gasteiger partial charge is 0.342 e. The van der Waals surface area contributed by atoms with Crippen LogP contribution in [-0.4, -0.2) is 57.3 Å². The van der Waals surface area contributed by atoms with Gasteiger partial charge in [-0.1, -0.05) is 13.8 Å². The lowest BCUT2D eigenvalue weighted by molar-refractivity contribution is -0.144. The van der Waals surface area contributed by atoms with Crippen molar-refractivity contribution in [3.63, 3.8) is 0 Å². The molecule has 0 saturated carbocycles. The smallest absolute Gasteiger partial charge is 0.222 e. The highest BCUT2D eigenvalue weighted by molar-refractivity contribution is 5.78. The SMILES string of the molecule is CC(C)CN1C(=O)CC[C@H]2CN(C(=O)CCc3cnccn3)CC[C@H]21. The standard InChI is InChI=1S/C19H28N4O2/c1-14(2)12-23-17-7-10-22(13-15(17)3-5-19(23)25)18(24)6-4-16-11-20-8-9-21-16/h8-9,11,14-15,17H,3-7,10,12-13H2,1-2H3/t15-,17+/m0/s1. The Balaban J connectivity index is 1.55. The summed E-state index contributed by atoms with van der Waals surface area (Å²) in [7, 11) is 0. The van der Waals surface area contributed by atoms with E-state index in [4.69, 9.17) is 0 Å². The summed E-state index contributed by atoms with van der Waals surface area (Å²) in [6, 6.07) is 0.313. The van der Waals surface area contributed by atoms with Crippen molar-refractivity contribution in [1.82, 2.24) is 19.8 Å². The molecule has 0 radical (unpaired) electrons. The molecule has 0 spiro atoms. The number of aryl methyl sites for hydroxylation is 1. The number of aromatic nitrogens is 2. The van der Waals surface area contributed by atoms with E-state index in [-0.39, 0.29) is 11.8 Å². The normalized spacial score (nSPS) is 23.7. The molecule has 1 aromatic rings. The van der Waals surface area contributed by atoms with Crippen LogP contribution in [0.15, 0.2) is 18.6 Å². The molecule has 2 saturated heterocycles. The van der Waals surface area contributed by atoms with Gasteiger partial charge in [0, 0.05) is 57.1 Å². The van der Waals surface area contributed by atoms with Gasteiger partial charge in [-0.2, -0.15) is 0 Å². The van der Waals surface area contributed by atoms with Crippen molar-refractivity contribution in [3.8, 4) is 0 Å². The first-order chi connectivity index (χ1) is 12.0. The molecule has 3 heterocycles. The van der Waals surface area contributed by atoms with Crippen LogP contribution >= 0.6 is 0 Å². The zero-order valence-electron chi connectivity index (χ0n) is 15.2. The van der Waals surface area contributed by atoms with Crippen LogP contribution in [0.3, 0.4) is 0 Å². The van der Waals surface area contributed by atoms with E-state index in [2.05, 4.69) is 28.7 Å². The van der Waals surface area contributed by atoms with Gasteiger partial charge < -0.3 is 9.80 Å². The van der Waals surface area contributed by atoms with Crippen LogP contribution < -0.4 is 0 Å². The van der Waals surface area contributed by atoms with Crippen molar-refractivity contribution in [2.45, 2.75) is 52.0 Å². The fraction of sp³-hybridized carbons (Fsp3) is 0.684. The molecule has 0 bridgehead atoms. The predicted octanol–water partition coefficient (Wildman–Crippen LogP) is 1.90. The number of fused-ring (bicyclic) bond motifs is 1. The first-order valence-corrected chi connectivity index (χ1v) is 9.36. The lowest BCUT2D eigenvalue weighted by atomic mass is 9.83. The van der Waals surface area contributed by atoms with Crippen LogP contribution in [0, 0.1) is 11.8 Å². The third-order valence-electron chi connectivity index (χ3n) is 5.27. The Morgan fingerprint density at radius 3 is 2.88 bits per heavy atom. The van der Waals surface area contributed by atoms with Gasteiger partial charge in [0.05, 0.1) is 5.69 Å². The summed E-state index contributed by atoms with van der Waals surface area (Å²) >= 11 is 0. The summed E-state index contributed by atoms with van der Waals surface area (Å²) in [6.45, 7) is 6.68. The van der Waals surface area contributed by atoms with E-state index in [1.54, 1.807) is 18.6 Å². The fourth-order valence-electron chi connectivity index (χ4n) is 4.06. The van der Waals surface area contributed by atoms with Gasteiger partial charge in [0.25, 0.3) is 0 Å². The number of rotatable bonds is 5. The Hall–Kier alpha value is -1.98. The average molecular weight is 344 g/mol. The highest BCUT2D eigenvalue weighted by atomic mass is 16.2. The topological polar surface area (TPSA) is 66.4 Å². The minimum absolute atomic E-state index is 0.191. The second kappa shape index (κ2) is 7.93. The van der Waals surface area contributed by atoms with Crippen molar-refractivity contribution in [3.05, 3.63) is 24.3 Å². The summed E-state index contributed by atoms with van der Waals surface area (Å²) in [5.41, 5.74) is 0.858. The molecule has 2 aliphatic rings. The highest BCUT2D eigenvalue weighted by Gasteiger charge is 2.40. The Morgan fingerprint density at radius 1 is 1.32 bits per heavy atom. The second-order valence-corrected chi connectivity index (χ2v) is 7.63. The van der Waals surface area contributed by atoms with Gasteiger partial charge in [0.2, 0.25) is 11.8 Å². The molecule has 2 aliphatic heterocycles. The molecule has 0 unspecified atom stereocenters. The molecule has 136 valence electrons. The minimum atomic E-state index is 0.191. The third-order valence-corrected chi connectivity index (χ3v) is 5.27. The van der Waals surface area contributed by atoms with Crippen LogP contribution in [0.4, 0.5) is 0 Å². The van der Waals surface area contributed by atoms with Gasteiger partial charge in [0.1, 0.15) is 0 Å². The van der Waals surface area contributed by atoms with Crippen LogP contribution in [0.25, 0.3) is 0 Å². The Bertz CT molecular complexity index is 605. The van der Waals surface area contributed by atoms with E-state index < -0.39 is 0 Å². The monoisotopic (exact) mass is 344 g/mol. The Kier molecular flexibility index (Phi) is 5.66. The lowest BCUT2D eigenvalue weighted by Gasteiger charge is -2.47. The quantitative estimate of drug-likeness (QED) is 0.818. The maximum Gasteiger partial charge on any atom is 0.222 e. The Labute approximate surface area is 149 Å². The molecule has 25 heavy (non-hydrogen) atoms. The number of carbonyl (C=O) groups is 2. The number of carbonyl (C=O) groups excluding carboxylic acids is 2. The van der Waals surface area contributed by atoms with E-state index in [1.807, 2.05) is 4.90 Å². The van der Waals surface area contributed by atoms with Crippen molar-refractivity contribution < 1.29 is 9.59 Å². The van der Waals surface area contributed by atoms with E-state index in [0.29, 0.717) is 37.1 Å². The third kappa shape index (κ3) is 4.35. The molecule has 2 fully saturated rings. The lowest BCUT2D eigenvalue weighted by Crippen LogP contribution is -2.57. The van der Waals surface area contributed by atoms with E-state index in [0.717, 1.165) is 38.2 Å². The summed E-state index contributed by atoms with van der Waals surface area (Å²) in [5, 5.41) is 0. The highest BCUT2D eigenvalue weighted by Crippen LogP contribution is 2.32. The zero-order valence-corrected chi connectivity index (χ0v) is 15.2. The van der Waals surface area contributed by atoms with Crippen molar-refractivity contribution in [1.29, 1.82) is 0 Å².